The fourth-order valence-electron chi connectivity index (χ4n) is 3.07. The average molecular weight is 421 g/mol. The lowest BCUT2D eigenvalue weighted by Gasteiger charge is -2.21. The zero-order chi connectivity index (χ0) is 19.8. The van der Waals surface area contributed by atoms with Gasteiger partial charge in [0, 0.05) is 34.3 Å². The molecule has 1 aliphatic heterocycles. The van der Waals surface area contributed by atoms with E-state index in [4.69, 9.17) is 37.4 Å². The molecular formula is C19H14Cl2N2O5. The fourth-order valence-corrected chi connectivity index (χ4v) is 3.64. The highest BCUT2D eigenvalue weighted by Gasteiger charge is 2.22. The Bertz CT molecular complexity index is 1100. The summed E-state index contributed by atoms with van der Waals surface area (Å²) in [5.74, 6) is 0.882. The predicted molar refractivity (Wildman–Crippen MR) is 104 cm³/mol. The van der Waals surface area contributed by atoms with Crippen molar-refractivity contribution in [3.05, 3.63) is 67.3 Å². The molecule has 2 heterocycles. The molecule has 0 saturated heterocycles. The normalized spacial score (nSPS) is 13.1. The minimum atomic E-state index is -0.464. The van der Waals surface area contributed by atoms with E-state index >= 15 is 0 Å². The third-order valence-electron chi connectivity index (χ3n) is 4.33. The molecule has 0 atom stereocenters. The maximum atomic E-state index is 11.3. The first-order valence-electron chi connectivity index (χ1n) is 8.33. The minimum Gasteiger partial charge on any atom is -0.485 e. The molecule has 7 nitrogen and oxygen atoms in total. The Morgan fingerprint density at radius 3 is 2.86 bits per heavy atom. The number of rotatable bonds is 4. The number of hydrogen-bond acceptors (Lipinski definition) is 6. The van der Waals surface area contributed by atoms with E-state index < -0.39 is 4.92 Å². The number of benzene rings is 2. The largest absolute Gasteiger partial charge is 0.485 e. The molecule has 0 fully saturated rings. The SMILES string of the molecule is Cc1ccc2c(Cl)cc(Cl)c(OCc3cc([N+](=O)[O-])cc4c3OCOC4)c2n1. The molecule has 9 heteroatoms. The quantitative estimate of drug-likeness (QED) is 0.425. The van der Waals surface area contributed by atoms with Crippen LogP contribution in [0.4, 0.5) is 5.69 Å². The average Bonchev–Trinajstić information content (AvgIpc) is 2.67. The number of aryl methyl sites for hydroxylation is 1. The molecule has 0 saturated carbocycles. The second-order valence-corrected chi connectivity index (χ2v) is 7.08. The van der Waals surface area contributed by atoms with Gasteiger partial charge >= 0.3 is 0 Å². The lowest BCUT2D eigenvalue weighted by molar-refractivity contribution is -0.385. The number of nitro benzene ring substituents is 1. The molecule has 0 spiro atoms. The number of pyridine rings is 1. The van der Waals surface area contributed by atoms with Crippen molar-refractivity contribution in [2.75, 3.05) is 6.79 Å². The summed E-state index contributed by atoms with van der Waals surface area (Å²) in [6, 6.07) is 8.14. The lowest BCUT2D eigenvalue weighted by Crippen LogP contribution is -2.14. The van der Waals surface area contributed by atoms with Gasteiger partial charge in [0.15, 0.2) is 12.5 Å². The summed E-state index contributed by atoms with van der Waals surface area (Å²) in [4.78, 5) is 15.3. The van der Waals surface area contributed by atoms with E-state index in [0.29, 0.717) is 43.6 Å². The molecule has 3 aromatic rings. The molecule has 2 aromatic carbocycles. The van der Waals surface area contributed by atoms with Crippen LogP contribution in [0.1, 0.15) is 16.8 Å². The van der Waals surface area contributed by atoms with Crippen molar-refractivity contribution in [2.24, 2.45) is 0 Å². The van der Waals surface area contributed by atoms with Gasteiger partial charge in [-0.3, -0.25) is 10.1 Å². The van der Waals surface area contributed by atoms with E-state index in [9.17, 15) is 10.1 Å². The van der Waals surface area contributed by atoms with Gasteiger partial charge in [-0.15, -0.1) is 0 Å². The van der Waals surface area contributed by atoms with Gasteiger partial charge < -0.3 is 14.2 Å². The van der Waals surface area contributed by atoms with E-state index in [1.165, 1.54) is 12.1 Å². The summed E-state index contributed by atoms with van der Waals surface area (Å²) in [5, 5.41) is 12.7. The summed E-state index contributed by atoms with van der Waals surface area (Å²) in [6.07, 6.45) is 0. The van der Waals surface area contributed by atoms with Crippen LogP contribution in [0.5, 0.6) is 11.5 Å². The molecule has 4 rings (SSSR count). The molecule has 0 radical (unpaired) electrons. The molecule has 0 unspecified atom stereocenters. The zero-order valence-electron chi connectivity index (χ0n) is 14.7. The molecule has 0 amide bonds. The van der Waals surface area contributed by atoms with E-state index in [2.05, 4.69) is 4.98 Å². The van der Waals surface area contributed by atoms with Crippen LogP contribution in [0.2, 0.25) is 10.0 Å². The second-order valence-electron chi connectivity index (χ2n) is 6.27. The molecule has 1 aromatic heterocycles. The Morgan fingerprint density at radius 1 is 1.25 bits per heavy atom. The molecule has 28 heavy (non-hydrogen) atoms. The highest BCUT2D eigenvalue weighted by molar-refractivity contribution is 6.39. The topological polar surface area (TPSA) is 83.7 Å². The van der Waals surface area contributed by atoms with Crippen molar-refractivity contribution in [3.8, 4) is 11.5 Å². The molecule has 1 aliphatic rings. The van der Waals surface area contributed by atoms with Crippen LogP contribution in [-0.4, -0.2) is 16.7 Å². The maximum absolute atomic E-state index is 11.3. The van der Waals surface area contributed by atoms with Gasteiger partial charge in [0.25, 0.3) is 5.69 Å². The number of fused-ring (bicyclic) bond motifs is 2. The minimum absolute atomic E-state index is 0.0100. The smallest absolute Gasteiger partial charge is 0.270 e. The number of nitrogens with zero attached hydrogens (tertiary/aromatic N) is 2. The van der Waals surface area contributed by atoms with Crippen LogP contribution in [-0.2, 0) is 18.0 Å². The van der Waals surface area contributed by atoms with Crippen molar-refractivity contribution in [2.45, 2.75) is 20.1 Å². The molecule has 0 aliphatic carbocycles. The molecule has 0 bridgehead atoms. The maximum Gasteiger partial charge on any atom is 0.270 e. The third kappa shape index (κ3) is 3.44. The summed E-state index contributed by atoms with van der Waals surface area (Å²) in [6.45, 7) is 2.16. The highest BCUT2D eigenvalue weighted by atomic mass is 35.5. The first-order chi connectivity index (χ1) is 13.4. The Morgan fingerprint density at radius 2 is 2.07 bits per heavy atom. The van der Waals surface area contributed by atoms with Crippen LogP contribution in [0.3, 0.4) is 0 Å². The number of nitro groups is 1. The van der Waals surface area contributed by atoms with Gasteiger partial charge in [0.1, 0.15) is 17.9 Å². The van der Waals surface area contributed by atoms with Crippen molar-refractivity contribution >= 4 is 39.8 Å². The monoisotopic (exact) mass is 420 g/mol. The van der Waals surface area contributed by atoms with Gasteiger partial charge in [0.2, 0.25) is 0 Å². The van der Waals surface area contributed by atoms with Crippen LogP contribution in [0.25, 0.3) is 10.9 Å². The number of hydrogen-bond donors (Lipinski definition) is 0. The van der Waals surface area contributed by atoms with Crippen molar-refractivity contribution in [1.29, 1.82) is 0 Å². The Kier molecular flexibility index (Phi) is 4.97. The van der Waals surface area contributed by atoms with Crippen molar-refractivity contribution in [3.63, 3.8) is 0 Å². The van der Waals surface area contributed by atoms with Gasteiger partial charge in [0.05, 0.1) is 21.6 Å². The van der Waals surface area contributed by atoms with Gasteiger partial charge in [-0.25, -0.2) is 4.98 Å². The fraction of sp³-hybridized carbons (Fsp3) is 0.211. The number of non-ortho nitro benzene ring substituents is 1. The number of aromatic nitrogens is 1. The highest BCUT2D eigenvalue weighted by Crippen LogP contribution is 2.39. The standard InChI is InChI=1S/C19H14Cl2N2O5/c1-10-2-3-14-15(20)6-16(21)19(17(14)22-10)27-8-12-5-13(23(24)25)4-11-7-26-9-28-18(11)12/h2-6H,7-9H2,1H3. The van der Waals surface area contributed by atoms with Crippen LogP contribution in [0.15, 0.2) is 30.3 Å². The Balaban J connectivity index is 1.75. The Labute approximate surface area is 169 Å². The predicted octanol–water partition coefficient (Wildman–Crippen LogP) is 5.20. The van der Waals surface area contributed by atoms with Gasteiger partial charge in [-0.1, -0.05) is 23.2 Å². The van der Waals surface area contributed by atoms with E-state index in [-0.39, 0.29) is 25.7 Å². The second kappa shape index (κ2) is 7.43. The van der Waals surface area contributed by atoms with E-state index in [1.54, 1.807) is 6.07 Å². The first-order valence-corrected chi connectivity index (χ1v) is 9.08. The summed E-state index contributed by atoms with van der Waals surface area (Å²) < 4.78 is 16.7. The van der Waals surface area contributed by atoms with E-state index in [0.717, 1.165) is 5.69 Å². The van der Waals surface area contributed by atoms with Crippen LogP contribution in [0, 0.1) is 17.0 Å². The van der Waals surface area contributed by atoms with Gasteiger partial charge in [-0.2, -0.15) is 0 Å². The van der Waals surface area contributed by atoms with Crippen LogP contribution >= 0.6 is 23.2 Å². The number of ether oxygens (including phenoxy) is 3. The summed E-state index contributed by atoms with van der Waals surface area (Å²) in [7, 11) is 0. The zero-order valence-corrected chi connectivity index (χ0v) is 16.2. The van der Waals surface area contributed by atoms with Crippen LogP contribution < -0.4 is 9.47 Å². The first kappa shape index (κ1) is 18.7. The third-order valence-corrected chi connectivity index (χ3v) is 4.93. The Hall–Kier alpha value is -2.61. The van der Waals surface area contributed by atoms with Crippen molar-refractivity contribution < 1.29 is 19.1 Å². The lowest BCUT2D eigenvalue weighted by atomic mass is 10.1. The summed E-state index contributed by atoms with van der Waals surface area (Å²) >= 11 is 12.6. The summed E-state index contributed by atoms with van der Waals surface area (Å²) in [5.41, 5.74) is 2.37. The molecule has 144 valence electrons. The van der Waals surface area contributed by atoms with Crippen molar-refractivity contribution in [1.82, 2.24) is 4.98 Å². The van der Waals surface area contributed by atoms with Gasteiger partial charge in [-0.05, 0) is 25.1 Å². The molecular weight excluding hydrogens is 407 g/mol. The van der Waals surface area contributed by atoms with E-state index in [1.807, 2.05) is 19.1 Å². The molecule has 0 N–H and O–H groups in total. The number of halogens is 2.